The Morgan fingerprint density at radius 1 is 1.09 bits per heavy atom. The molecule has 23 heavy (non-hydrogen) atoms. The zero-order valence-electron chi connectivity index (χ0n) is 13.2. The zero-order valence-corrected chi connectivity index (χ0v) is 13.2. The number of hydrogen-bond acceptors (Lipinski definition) is 5. The van der Waals surface area contributed by atoms with Gasteiger partial charge in [-0.25, -0.2) is 0 Å². The molecule has 2 N–H and O–H groups in total. The van der Waals surface area contributed by atoms with Gasteiger partial charge in [0, 0.05) is 17.7 Å². The summed E-state index contributed by atoms with van der Waals surface area (Å²) in [7, 11) is 4.74. The molecule has 0 atom stereocenters. The van der Waals surface area contributed by atoms with Gasteiger partial charge in [-0.3, -0.25) is 4.79 Å². The van der Waals surface area contributed by atoms with Gasteiger partial charge in [0.25, 0.3) is 0 Å². The highest BCUT2D eigenvalue weighted by molar-refractivity contribution is 6.32. The summed E-state index contributed by atoms with van der Waals surface area (Å²) in [6, 6.07) is 7.95. The molecule has 118 valence electrons. The van der Waals surface area contributed by atoms with Crippen molar-refractivity contribution in [3.8, 4) is 23.0 Å². The van der Waals surface area contributed by atoms with Crippen molar-refractivity contribution < 1.29 is 24.5 Å². The maximum Gasteiger partial charge on any atom is 0.193 e. The number of aromatic hydroxyl groups is 2. The summed E-state index contributed by atoms with van der Waals surface area (Å²) in [5, 5.41) is 19.8. The van der Waals surface area contributed by atoms with E-state index in [1.165, 1.54) is 38.5 Å². The topological polar surface area (TPSA) is 76.0 Å². The molecule has 0 saturated carbocycles. The van der Waals surface area contributed by atoms with Crippen LogP contribution in [0, 0.1) is 0 Å². The van der Waals surface area contributed by atoms with Gasteiger partial charge in [0.15, 0.2) is 5.78 Å². The van der Waals surface area contributed by atoms with Gasteiger partial charge < -0.3 is 19.7 Å². The lowest BCUT2D eigenvalue weighted by Gasteiger charge is -2.10. The number of hydrogen-bond donors (Lipinski definition) is 2. The first-order valence-corrected chi connectivity index (χ1v) is 6.93. The Kier molecular flexibility index (Phi) is 4.96. The summed E-state index contributed by atoms with van der Waals surface area (Å²) in [6.45, 7) is 0. The Labute approximate surface area is 135 Å². The van der Waals surface area contributed by atoms with E-state index in [2.05, 4.69) is 0 Å². The van der Waals surface area contributed by atoms with E-state index in [0.29, 0.717) is 11.3 Å². The van der Waals surface area contributed by atoms with Crippen LogP contribution in [0.1, 0.15) is 15.9 Å². The molecule has 2 rings (SSSR count). The third-order valence-corrected chi connectivity index (χ3v) is 3.35. The molecule has 0 unspecified atom stereocenters. The highest BCUT2D eigenvalue weighted by Gasteiger charge is 2.17. The summed E-state index contributed by atoms with van der Waals surface area (Å²) in [6.07, 6.45) is 2.77. The number of ether oxygens (including phenoxy) is 2. The van der Waals surface area contributed by atoms with Gasteiger partial charge in [0.05, 0.1) is 14.2 Å². The van der Waals surface area contributed by atoms with Gasteiger partial charge in [0.2, 0.25) is 0 Å². The second-order valence-corrected chi connectivity index (χ2v) is 4.98. The third-order valence-electron chi connectivity index (χ3n) is 3.35. The number of phenols is 2. The van der Waals surface area contributed by atoms with Crippen molar-refractivity contribution in [2.75, 3.05) is 14.2 Å². The maximum absolute atomic E-state index is 12.4. The summed E-state index contributed by atoms with van der Waals surface area (Å²) in [5.41, 5.74) is 1.52. The van der Waals surface area contributed by atoms with Crippen LogP contribution in [-0.4, -0.2) is 38.1 Å². The van der Waals surface area contributed by atoms with Crippen molar-refractivity contribution in [3.63, 3.8) is 0 Å². The molecule has 0 saturated heterocycles. The van der Waals surface area contributed by atoms with E-state index >= 15 is 0 Å². The molecule has 0 aliphatic carbocycles. The van der Waals surface area contributed by atoms with Crippen LogP contribution in [0.2, 0.25) is 0 Å². The summed E-state index contributed by atoms with van der Waals surface area (Å²) in [5.74, 6) is -0.000960. The van der Waals surface area contributed by atoms with Crippen LogP contribution in [0.5, 0.6) is 23.0 Å². The van der Waals surface area contributed by atoms with Crippen LogP contribution in [-0.2, 0) is 0 Å². The number of carbonyl (C=O) groups excluding carboxylic acids is 1. The van der Waals surface area contributed by atoms with E-state index in [0.717, 1.165) is 5.46 Å². The Morgan fingerprint density at radius 2 is 1.83 bits per heavy atom. The molecular formula is C17H17BO5. The molecule has 0 radical (unpaired) electrons. The first-order chi connectivity index (χ1) is 11.0. The first kappa shape index (κ1) is 16.5. The van der Waals surface area contributed by atoms with Crippen LogP contribution in [0.4, 0.5) is 0 Å². The van der Waals surface area contributed by atoms with Crippen LogP contribution in [0.25, 0.3) is 6.08 Å². The summed E-state index contributed by atoms with van der Waals surface area (Å²) >= 11 is 0. The molecule has 0 aromatic heterocycles. The molecule has 0 amide bonds. The molecule has 0 aliphatic rings. The average Bonchev–Trinajstić information content (AvgIpc) is 2.54. The molecule has 0 spiro atoms. The Balaban J connectivity index is 2.37. The van der Waals surface area contributed by atoms with Crippen LogP contribution in [0.3, 0.4) is 0 Å². The van der Waals surface area contributed by atoms with Crippen LogP contribution < -0.4 is 14.9 Å². The van der Waals surface area contributed by atoms with Crippen molar-refractivity contribution >= 4 is 25.2 Å². The first-order valence-electron chi connectivity index (χ1n) is 6.93. The largest absolute Gasteiger partial charge is 0.507 e. The SMILES string of the molecule is Bc1ccc(O)c(/C=C/C(=O)c2c(O)cc(OC)cc2OC)c1. The minimum Gasteiger partial charge on any atom is -0.507 e. The number of phenolic OH excluding ortho intramolecular Hbond substituents is 2. The smallest absolute Gasteiger partial charge is 0.193 e. The van der Waals surface area contributed by atoms with Crippen molar-refractivity contribution in [2.45, 2.75) is 0 Å². The predicted molar refractivity (Wildman–Crippen MR) is 90.9 cm³/mol. The Bertz CT molecular complexity index is 768. The van der Waals surface area contributed by atoms with Gasteiger partial charge in [-0.15, -0.1) is 0 Å². The lowest BCUT2D eigenvalue weighted by Crippen LogP contribution is -2.02. The maximum atomic E-state index is 12.4. The van der Waals surface area contributed by atoms with E-state index < -0.39 is 5.78 Å². The predicted octanol–water partition coefficient (Wildman–Crippen LogP) is 1.27. The van der Waals surface area contributed by atoms with Gasteiger partial charge in [0.1, 0.15) is 36.4 Å². The van der Waals surface area contributed by atoms with Gasteiger partial charge in [-0.05, 0) is 18.2 Å². The van der Waals surface area contributed by atoms with E-state index in [1.807, 2.05) is 7.85 Å². The summed E-state index contributed by atoms with van der Waals surface area (Å²) in [4.78, 5) is 12.4. The highest BCUT2D eigenvalue weighted by Crippen LogP contribution is 2.34. The number of carbonyl (C=O) groups is 1. The fraction of sp³-hybridized carbons (Fsp3) is 0.118. The molecule has 0 bridgehead atoms. The lowest BCUT2D eigenvalue weighted by molar-refractivity contribution is 0.104. The number of ketones is 1. The number of allylic oxidation sites excluding steroid dienone is 1. The van der Waals surface area contributed by atoms with E-state index in [1.54, 1.807) is 18.2 Å². The van der Waals surface area contributed by atoms with Gasteiger partial charge >= 0.3 is 0 Å². The quantitative estimate of drug-likeness (QED) is 0.494. The molecular weight excluding hydrogens is 295 g/mol. The van der Waals surface area contributed by atoms with Gasteiger partial charge in [-0.2, -0.15) is 0 Å². The van der Waals surface area contributed by atoms with Crippen LogP contribution >= 0.6 is 0 Å². The fourth-order valence-electron chi connectivity index (χ4n) is 2.16. The second kappa shape index (κ2) is 6.92. The third kappa shape index (κ3) is 3.66. The molecule has 2 aromatic rings. The summed E-state index contributed by atoms with van der Waals surface area (Å²) < 4.78 is 10.2. The minimum absolute atomic E-state index is 0.0386. The monoisotopic (exact) mass is 312 g/mol. The standard InChI is InChI=1S/C17H17BO5/c1-22-12-8-15(21)17(16(9-12)23-2)14(20)5-3-10-7-11(18)4-6-13(10)19/h3-9,19,21H,18H2,1-2H3/b5-3+. The molecule has 2 aromatic carbocycles. The Morgan fingerprint density at radius 3 is 2.48 bits per heavy atom. The Hall–Kier alpha value is -2.89. The van der Waals surface area contributed by atoms with Crippen molar-refractivity contribution in [1.82, 2.24) is 0 Å². The lowest BCUT2D eigenvalue weighted by atomic mass is 9.93. The molecule has 6 heteroatoms. The zero-order chi connectivity index (χ0) is 17.0. The van der Waals surface area contributed by atoms with Crippen LogP contribution in [0.15, 0.2) is 36.4 Å². The average molecular weight is 312 g/mol. The fourth-order valence-corrected chi connectivity index (χ4v) is 2.16. The van der Waals surface area contributed by atoms with Crippen molar-refractivity contribution in [1.29, 1.82) is 0 Å². The minimum atomic E-state index is -0.442. The van der Waals surface area contributed by atoms with Crippen molar-refractivity contribution in [3.05, 3.63) is 47.5 Å². The van der Waals surface area contributed by atoms with Gasteiger partial charge in [-0.1, -0.05) is 17.6 Å². The molecule has 5 nitrogen and oxygen atoms in total. The van der Waals surface area contributed by atoms with Crippen molar-refractivity contribution in [2.24, 2.45) is 0 Å². The molecule has 0 heterocycles. The van der Waals surface area contributed by atoms with E-state index in [4.69, 9.17) is 9.47 Å². The highest BCUT2D eigenvalue weighted by atomic mass is 16.5. The van der Waals surface area contributed by atoms with E-state index in [9.17, 15) is 15.0 Å². The number of rotatable bonds is 5. The normalized spacial score (nSPS) is 10.7. The second-order valence-electron chi connectivity index (χ2n) is 4.98. The molecule has 0 aliphatic heterocycles. The van der Waals surface area contributed by atoms with E-state index in [-0.39, 0.29) is 22.8 Å². The number of benzene rings is 2. The molecule has 0 fully saturated rings. The number of methoxy groups -OCH3 is 2.